The first-order valence-corrected chi connectivity index (χ1v) is 5.34. The van der Waals surface area contributed by atoms with Gasteiger partial charge in [0.1, 0.15) is 0 Å². The molecule has 0 aliphatic heterocycles. The summed E-state index contributed by atoms with van der Waals surface area (Å²) in [7, 11) is 1.37. The molecule has 0 radical (unpaired) electrons. The zero-order valence-corrected chi connectivity index (χ0v) is 10.0. The van der Waals surface area contributed by atoms with Gasteiger partial charge in [-0.15, -0.1) is 0 Å². The van der Waals surface area contributed by atoms with Gasteiger partial charge in [-0.05, 0) is 30.9 Å². The van der Waals surface area contributed by atoms with Crippen molar-refractivity contribution in [1.82, 2.24) is 0 Å². The van der Waals surface area contributed by atoms with Gasteiger partial charge in [0, 0.05) is 12.0 Å². The summed E-state index contributed by atoms with van der Waals surface area (Å²) in [4.78, 5) is 10.8. The van der Waals surface area contributed by atoms with Crippen LogP contribution in [0.3, 0.4) is 0 Å². The highest BCUT2D eigenvalue weighted by molar-refractivity contribution is 5.69. The minimum absolute atomic E-state index is 0.245. The van der Waals surface area contributed by atoms with Crippen LogP contribution in [0.4, 0.5) is 0 Å². The Hall–Kier alpha value is -2.19. The summed E-state index contributed by atoms with van der Waals surface area (Å²) in [5.74, 6) is 11.0. The van der Waals surface area contributed by atoms with E-state index >= 15 is 0 Å². The second-order valence-electron chi connectivity index (χ2n) is 3.49. The second kappa shape index (κ2) is 7.14. The Bertz CT molecular complexity index is 490. The number of rotatable bonds is 2. The van der Waals surface area contributed by atoms with E-state index in [-0.39, 0.29) is 5.97 Å². The third-order valence-electron chi connectivity index (χ3n) is 2.09. The fraction of sp³-hybridized carbons (Fsp3) is 0.267. The molecule has 0 N–H and O–H groups in total. The lowest BCUT2D eigenvalue weighted by molar-refractivity contribution is -0.140. The van der Waals surface area contributed by atoms with Crippen LogP contribution in [0, 0.1) is 30.6 Å². The van der Waals surface area contributed by atoms with Gasteiger partial charge in [-0.2, -0.15) is 0 Å². The third-order valence-corrected chi connectivity index (χ3v) is 2.09. The lowest BCUT2D eigenvalue weighted by atomic mass is 10.1. The summed E-state index contributed by atoms with van der Waals surface area (Å²) >= 11 is 0. The summed E-state index contributed by atoms with van der Waals surface area (Å²) in [6.07, 6.45) is 0.797. The fourth-order valence-electron chi connectivity index (χ4n) is 1.11. The standard InChI is InChI=1S/C15H14O2/c1-13-9-11-14(12-10-13)7-5-3-4-6-8-15(16)17-2/h9-12H,6,8H2,1-2H3. The average molecular weight is 226 g/mol. The predicted octanol–water partition coefficient (Wildman–Crippen LogP) is 2.30. The van der Waals surface area contributed by atoms with E-state index in [1.54, 1.807) is 0 Å². The number of aryl methyl sites for hydroxylation is 1. The van der Waals surface area contributed by atoms with Crippen molar-refractivity contribution in [3.8, 4) is 23.7 Å². The summed E-state index contributed by atoms with van der Waals surface area (Å²) in [6, 6.07) is 7.93. The Balaban J connectivity index is 2.43. The second-order valence-corrected chi connectivity index (χ2v) is 3.49. The summed E-state index contributed by atoms with van der Waals surface area (Å²) in [5, 5.41) is 0. The maximum Gasteiger partial charge on any atom is 0.306 e. The number of carbonyl (C=O) groups is 1. The van der Waals surface area contributed by atoms with E-state index in [1.165, 1.54) is 12.7 Å². The molecule has 0 fully saturated rings. The van der Waals surface area contributed by atoms with Crippen LogP contribution in [0.5, 0.6) is 0 Å². The van der Waals surface area contributed by atoms with E-state index in [4.69, 9.17) is 0 Å². The molecule has 0 heterocycles. The van der Waals surface area contributed by atoms with E-state index in [0.29, 0.717) is 12.8 Å². The molecule has 0 atom stereocenters. The SMILES string of the molecule is COC(=O)CCC#CC#Cc1ccc(C)cc1. The molecule has 1 aromatic rings. The molecule has 0 bridgehead atoms. The Labute approximate surface area is 102 Å². The highest BCUT2D eigenvalue weighted by Crippen LogP contribution is 2.00. The van der Waals surface area contributed by atoms with Gasteiger partial charge in [-0.3, -0.25) is 4.79 Å². The molecule has 2 heteroatoms. The molecule has 0 unspecified atom stereocenters. The van der Waals surface area contributed by atoms with Crippen LogP contribution < -0.4 is 0 Å². The van der Waals surface area contributed by atoms with Crippen LogP contribution in [0.15, 0.2) is 24.3 Å². The van der Waals surface area contributed by atoms with Crippen LogP contribution in [-0.2, 0) is 9.53 Å². The zero-order valence-electron chi connectivity index (χ0n) is 10.0. The van der Waals surface area contributed by atoms with Crippen molar-refractivity contribution in [2.75, 3.05) is 7.11 Å². The van der Waals surface area contributed by atoms with Crippen molar-refractivity contribution in [2.24, 2.45) is 0 Å². The van der Waals surface area contributed by atoms with Crippen molar-refractivity contribution in [3.05, 3.63) is 35.4 Å². The lowest BCUT2D eigenvalue weighted by Gasteiger charge is -1.91. The van der Waals surface area contributed by atoms with Crippen LogP contribution >= 0.6 is 0 Å². The van der Waals surface area contributed by atoms with Crippen molar-refractivity contribution in [1.29, 1.82) is 0 Å². The summed E-state index contributed by atoms with van der Waals surface area (Å²) in [5.41, 5.74) is 2.15. The fourth-order valence-corrected chi connectivity index (χ4v) is 1.11. The molecule has 0 saturated carbocycles. The van der Waals surface area contributed by atoms with Crippen LogP contribution in [0.1, 0.15) is 24.0 Å². The number of methoxy groups -OCH3 is 1. The van der Waals surface area contributed by atoms with Gasteiger partial charge in [0.2, 0.25) is 0 Å². The lowest BCUT2D eigenvalue weighted by Crippen LogP contribution is -1.97. The van der Waals surface area contributed by atoms with Crippen LogP contribution in [0.25, 0.3) is 0 Å². The number of ether oxygens (including phenoxy) is 1. The molecule has 1 rings (SSSR count). The predicted molar refractivity (Wildman–Crippen MR) is 67.1 cm³/mol. The van der Waals surface area contributed by atoms with Gasteiger partial charge in [0.25, 0.3) is 0 Å². The highest BCUT2D eigenvalue weighted by Gasteiger charge is 1.95. The molecule has 86 valence electrons. The van der Waals surface area contributed by atoms with E-state index in [9.17, 15) is 4.79 Å². The smallest absolute Gasteiger partial charge is 0.306 e. The molecule has 0 spiro atoms. The molecule has 0 aromatic heterocycles. The normalized spacial score (nSPS) is 8.35. The monoisotopic (exact) mass is 226 g/mol. The van der Waals surface area contributed by atoms with E-state index in [1.807, 2.05) is 31.2 Å². The molecular formula is C15H14O2. The van der Waals surface area contributed by atoms with Gasteiger partial charge < -0.3 is 4.74 Å². The Kier molecular flexibility index (Phi) is 5.41. The van der Waals surface area contributed by atoms with Crippen LogP contribution in [0.2, 0.25) is 0 Å². The van der Waals surface area contributed by atoms with E-state index in [2.05, 4.69) is 28.4 Å². The van der Waals surface area contributed by atoms with E-state index < -0.39 is 0 Å². The van der Waals surface area contributed by atoms with Gasteiger partial charge >= 0.3 is 5.97 Å². The molecule has 1 aromatic carbocycles. The Morgan fingerprint density at radius 2 is 1.94 bits per heavy atom. The van der Waals surface area contributed by atoms with E-state index in [0.717, 1.165) is 5.56 Å². The first-order valence-electron chi connectivity index (χ1n) is 5.34. The number of esters is 1. The highest BCUT2D eigenvalue weighted by atomic mass is 16.5. The molecule has 17 heavy (non-hydrogen) atoms. The summed E-state index contributed by atoms with van der Waals surface area (Å²) in [6.45, 7) is 2.03. The molecule has 0 aliphatic rings. The maximum atomic E-state index is 10.8. The Morgan fingerprint density at radius 1 is 1.24 bits per heavy atom. The number of carbonyl (C=O) groups excluding carboxylic acids is 1. The molecule has 0 saturated heterocycles. The summed E-state index contributed by atoms with van der Waals surface area (Å²) < 4.78 is 4.49. The zero-order chi connectivity index (χ0) is 12.5. The topological polar surface area (TPSA) is 26.3 Å². The van der Waals surface area contributed by atoms with Crippen molar-refractivity contribution >= 4 is 5.97 Å². The minimum atomic E-state index is -0.245. The first kappa shape index (κ1) is 12.9. The molecular weight excluding hydrogens is 212 g/mol. The average Bonchev–Trinajstić information content (AvgIpc) is 2.35. The number of hydrogen-bond acceptors (Lipinski definition) is 2. The Morgan fingerprint density at radius 3 is 2.59 bits per heavy atom. The molecule has 0 amide bonds. The number of hydrogen-bond donors (Lipinski definition) is 0. The quantitative estimate of drug-likeness (QED) is 0.571. The van der Waals surface area contributed by atoms with Crippen molar-refractivity contribution < 1.29 is 9.53 Å². The number of benzene rings is 1. The first-order chi connectivity index (χ1) is 8.22. The molecule has 0 aliphatic carbocycles. The third kappa shape index (κ3) is 5.44. The maximum absolute atomic E-state index is 10.8. The van der Waals surface area contributed by atoms with Gasteiger partial charge in [0.05, 0.1) is 13.5 Å². The minimum Gasteiger partial charge on any atom is -0.469 e. The van der Waals surface area contributed by atoms with Gasteiger partial charge in [-0.25, -0.2) is 0 Å². The molecule has 2 nitrogen and oxygen atoms in total. The van der Waals surface area contributed by atoms with Crippen LogP contribution in [-0.4, -0.2) is 13.1 Å². The van der Waals surface area contributed by atoms with Gasteiger partial charge in [0.15, 0.2) is 0 Å². The largest absolute Gasteiger partial charge is 0.469 e. The van der Waals surface area contributed by atoms with Gasteiger partial charge in [-0.1, -0.05) is 29.5 Å². The van der Waals surface area contributed by atoms with Crippen molar-refractivity contribution in [3.63, 3.8) is 0 Å². The van der Waals surface area contributed by atoms with Crippen molar-refractivity contribution in [2.45, 2.75) is 19.8 Å².